The van der Waals surface area contributed by atoms with E-state index in [-0.39, 0.29) is 0 Å². The Labute approximate surface area is 92.8 Å². The van der Waals surface area contributed by atoms with Gasteiger partial charge in [-0.05, 0) is 34.4 Å². The molecule has 0 amide bonds. The van der Waals surface area contributed by atoms with Crippen LogP contribution in [0.15, 0.2) is 41.3 Å². The molecule has 0 N–H and O–H groups in total. The topological polar surface area (TPSA) is 3.24 Å². The van der Waals surface area contributed by atoms with Gasteiger partial charge >= 0.3 is 0 Å². The van der Waals surface area contributed by atoms with Gasteiger partial charge in [0.05, 0.1) is 0 Å². The second-order valence-corrected chi connectivity index (χ2v) is 5.18. The Morgan fingerprint density at radius 3 is 2.93 bits per heavy atom. The second-order valence-electron chi connectivity index (χ2n) is 3.36. The van der Waals surface area contributed by atoms with Crippen molar-refractivity contribution < 1.29 is 0 Å². The maximum Gasteiger partial charge on any atom is 0.0472 e. The summed E-state index contributed by atoms with van der Waals surface area (Å²) in [7, 11) is 0. The predicted molar refractivity (Wildman–Crippen MR) is 64.3 cm³/mol. The monoisotopic (exact) mass is 219 g/mol. The van der Waals surface area contributed by atoms with Crippen LogP contribution < -0.4 is 0 Å². The number of nitrogens with zero attached hydrogens (tertiary/aromatic N) is 1. The lowest BCUT2D eigenvalue weighted by atomic mass is 10.0. The number of rotatable bonds is 0. The van der Waals surface area contributed by atoms with Crippen LogP contribution in [0.2, 0.25) is 0 Å². The number of hydrogen-bond acceptors (Lipinski definition) is 3. The summed E-state index contributed by atoms with van der Waals surface area (Å²) in [5, 5.41) is 2.67. The van der Waals surface area contributed by atoms with Gasteiger partial charge in [0.25, 0.3) is 0 Å². The molecule has 3 rings (SSSR count). The SMILES string of the molecule is SN1Cc2c(ccc3ccccc23)S1. The Bertz CT molecular complexity index is 496. The lowest BCUT2D eigenvalue weighted by molar-refractivity contribution is 0.776. The van der Waals surface area contributed by atoms with Gasteiger partial charge in [0.15, 0.2) is 0 Å². The van der Waals surface area contributed by atoms with Crippen molar-refractivity contribution in [3.05, 3.63) is 42.0 Å². The zero-order valence-corrected chi connectivity index (χ0v) is 9.18. The van der Waals surface area contributed by atoms with E-state index in [1.807, 2.05) is 3.71 Å². The van der Waals surface area contributed by atoms with Crippen molar-refractivity contribution in [1.82, 2.24) is 3.71 Å². The van der Waals surface area contributed by atoms with Gasteiger partial charge in [0.2, 0.25) is 0 Å². The van der Waals surface area contributed by atoms with Crippen LogP contribution >= 0.6 is 24.8 Å². The first-order valence-corrected chi connectivity index (χ1v) is 5.67. The van der Waals surface area contributed by atoms with E-state index in [1.54, 1.807) is 11.9 Å². The van der Waals surface area contributed by atoms with Crippen molar-refractivity contribution in [3.8, 4) is 0 Å². The molecule has 0 atom stereocenters. The Morgan fingerprint density at radius 1 is 1.14 bits per heavy atom. The Hall–Kier alpha value is -0.640. The van der Waals surface area contributed by atoms with Crippen LogP contribution in [0, 0.1) is 0 Å². The number of benzene rings is 2. The van der Waals surface area contributed by atoms with Crippen LogP contribution in [0.1, 0.15) is 5.56 Å². The molecular weight excluding hydrogens is 210 g/mol. The van der Waals surface area contributed by atoms with Gasteiger partial charge in [0.1, 0.15) is 0 Å². The van der Waals surface area contributed by atoms with Gasteiger partial charge in [-0.3, -0.25) is 0 Å². The molecule has 1 aliphatic rings. The summed E-state index contributed by atoms with van der Waals surface area (Å²) in [6, 6.07) is 12.9. The van der Waals surface area contributed by atoms with Crippen molar-refractivity contribution in [1.29, 1.82) is 0 Å². The average Bonchev–Trinajstić information content (AvgIpc) is 2.59. The van der Waals surface area contributed by atoms with E-state index in [2.05, 4.69) is 49.2 Å². The number of hydrogen-bond donors (Lipinski definition) is 1. The van der Waals surface area contributed by atoms with Crippen LogP contribution in [-0.2, 0) is 6.54 Å². The van der Waals surface area contributed by atoms with E-state index in [0.717, 1.165) is 6.54 Å². The molecule has 1 heterocycles. The van der Waals surface area contributed by atoms with Gasteiger partial charge in [-0.25, -0.2) is 0 Å². The summed E-state index contributed by atoms with van der Waals surface area (Å²) in [5.74, 6) is 0. The fourth-order valence-electron chi connectivity index (χ4n) is 1.85. The second kappa shape index (κ2) is 3.19. The first-order chi connectivity index (χ1) is 6.84. The van der Waals surface area contributed by atoms with Crippen LogP contribution in [0.25, 0.3) is 10.8 Å². The molecule has 1 aliphatic heterocycles. The summed E-state index contributed by atoms with van der Waals surface area (Å²) in [6.45, 7) is 0.921. The van der Waals surface area contributed by atoms with Gasteiger partial charge in [-0.1, -0.05) is 43.1 Å². The van der Waals surface area contributed by atoms with E-state index in [9.17, 15) is 0 Å². The van der Waals surface area contributed by atoms with Gasteiger partial charge in [-0.2, -0.15) is 3.71 Å². The lowest BCUT2D eigenvalue weighted by Gasteiger charge is -2.02. The first kappa shape index (κ1) is 8.65. The maximum absolute atomic E-state index is 4.36. The fourth-order valence-corrected chi connectivity index (χ4v) is 3.09. The predicted octanol–water partition coefficient (Wildman–Crippen LogP) is 3.51. The lowest BCUT2D eigenvalue weighted by Crippen LogP contribution is -1.92. The standard InChI is InChI=1S/C11H9NS2/c13-12-7-10-9-4-2-1-3-8(9)5-6-11(10)14-12/h1-6,13H,7H2. The van der Waals surface area contributed by atoms with Crippen molar-refractivity contribution in [2.75, 3.05) is 0 Å². The fraction of sp³-hybridized carbons (Fsp3) is 0.0909. The van der Waals surface area contributed by atoms with Crippen LogP contribution in [0.5, 0.6) is 0 Å². The molecule has 0 spiro atoms. The number of fused-ring (bicyclic) bond motifs is 3. The molecule has 0 saturated heterocycles. The van der Waals surface area contributed by atoms with Gasteiger partial charge < -0.3 is 0 Å². The van der Waals surface area contributed by atoms with Crippen molar-refractivity contribution in [2.45, 2.75) is 11.4 Å². The van der Waals surface area contributed by atoms with Crippen molar-refractivity contribution >= 4 is 35.5 Å². The summed E-state index contributed by atoms with van der Waals surface area (Å²) in [4.78, 5) is 1.33. The third kappa shape index (κ3) is 1.24. The highest BCUT2D eigenvalue weighted by atomic mass is 32.2. The smallest absolute Gasteiger partial charge is 0.0472 e. The molecule has 0 fully saturated rings. The molecular formula is C11H9NS2. The Balaban J connectivity index is 2.33. The molecule has 0 bridgehead atoms. The largest absolute Gasteiger partial charge is 0.188 e. The van der Waals surface area contributed by atoms with Gasteiger partial charge in [0, 0.05) is 11.4 Å². The first-order valence-electron chi connectivity index (χ1n) is 4.49. The van der Waals surface area contributed by atoms with E-state index in [4.69, 9.17) is 0 Å². The summed E-state index contributed by atoms with van der Waals surface area (Å²) in [6.07, 6.45) is 0. The molecule has 0 radical (unpaired) electrons. The highest BCUT2D eigenvalue weighted by molar-refractivity contribution is 8.05. The van der Waals surface area contributed by atoms with E-state index >= 15 is 0 Å². The number of thiol groups is 1. The van der Waals surface area contributed by atoms with Crippen LogP contribution in [0.4, 0.5) is 0 Å². The summed E-state index contributed by atoms with van der Waals surface area (Å²) in [5.41, 5.74) is 1.41. The minimum Gasteiger partial charge on any atom is -0.188 e. The van der Waals surface area contributed by atoms with E-state index < -0.39 is 0 Å². The quantitative estimate of drug-likeness (QED) is 0.533. The normalized spacial score (nSPS) is 16.1. The molecule has 14 heavy (non-hydrogen) atoms. The van der Waals surface area contributed by atoms with Crippen molar-refractivity contribution in [2.24, 2.45) is 0 Å². The molecule has 2 aromatic rings. The summed E-state index contributed by atoms with van der Waals surface area (Å²) >= 11 is 6.06. The molecule has 70 valence electrons. The highest BCUT2D eigenvalue weighted by Gasteiger charge is 2.19. The molecule has 0 saturated carbocycles. The van der Waals surface area contributed by atoms with E-state index in [1.165, 1.54) is 21.2 Å². The molecule has 0 aromatic heterocycles. The van der Waals surface area contributed by atoms with E-state index in [0.29, 0.717) is 0 Å². The van der Waals surface area contributed by atoms with Gasteiger partial charge in [-0.15, -0.1) is 0 Å². The Morgan fingerprint density at radius 2 is 2.00 bits per heavy atom. The van der Waals surface area contributed by atoms with Crippen LogP contribution in [0.3, 0.4) is 0 Å². The maximum atomic E-state index is 4.36. The average molecular weight is 219 g/mol. The molecule has 0 unspecified atom stereocenters. The molecule has 3 heteroatoms. The molecule has 0 aliphatic carbocycles. The minimum absolute atomic E-state index is 0.921. The molecule has 1 nitrogen and oxygen atoms in total. The van der Waals surface area contributed by atoms with Crippen molar-refractivity contribution in [3.63, 3.8) is 0 Å². The summed E-state index contributed by atoms with van der Waals surface area (Å²) < 4.78 is 1.97. The zero-order valence-electron chi connectivity index (χ0n) is 7.47. The minimum atomic E-state index is 0.921. The third-order valence-electron chi connectivity index (χ3n) is 2.49. The van der Waals surface area contributed by atoms with Crippen LogP contribution in [-0.4, -0.2) is 3.71 Å². The highest BCUT2D eigenvalue weighted by Crippen LogP contribution is 2.40. The zero-order chi connectivity index (χ0) is 9.54. The third-order valence-corrected chi connectivity index (χ3v) is 3.80. The molecule has 2 aromatic carbocycles. The Kier molecular flexibility index (Phi) is 1.97.